The number of para-hydroxylation sites is 1. The van der Waals surface area contributed by atoms with E-state index in [2.05, 4.69) is 15.8 Å². The molecule has 1 amide bonds. The molecule has 126 valence electrons. The molecule has 25 heavy (non-hydrogen) atoms. The van der Waals surface area contributed by atoms with Gasteiger partial charge in [0, 0.05) is 11.3 Å². The van der Waals surface area contributed by atoms with E-state index in [-0.39, 0.29) is 11.7 Å². The molecular weight excluding hydrogens is 314 g/mol. The Hall–Kier alpha value is -3.34. The lowest BCUT2D eigenvalue weighted by Gasteiger charge is -2.14. The van der Waals surface area contributed by atoms with E-state index in [0.29, 0.717) is 5.56 Å². The zero-order valence-electron chi connectivity index (χ0n) is 13.8. The second-order valence-electron chi connectivity index (χ2n) is 5.72. The second kappa shape index (κ2) is 7.49. The van der Waals surface area contributed by atoms with Crippen molar-refractivity contribution in [2.24, 2.45) is 5.10 Å². The summed E-state index contributed by atoms with van der Waals surface area (Å²) >= 11 is 0. The van der Waals surface area contributed by atoms with E-state index in [1.165, 1.54) is 6.21 Å². The molecule has 5 nitrogen and oxygen atoms in total. The van der Waals surface area contributed by atoms with Gasteiger partial charge in [-0.25, -0.2) is 5.43 Å². The molecule has 0 aliphatic carbocycles. The Bertz CT molecular complexity index is 921. The second-order valence-corrected chi connectivity index (χ2v) is 5.72. The van der Waals surface area contributed by atoms with E-state index in [1.54, 1.807) is 31.2 Å². The van der Waals surface area contributed by atoms with E-state index >= 15 is 0 Å². The van der Waals surface area contributed by atoms with Crippen LogP contribution in [0.4, 0.5) is 5.69 Å². The van der Waals surface area contributed by atoms with E-state index < -0.39 is 6.04 Å². The third-order valence-corrected chi connectivity index (χ3v) is 3.84. The van der Waals surface area contributed by atoms with Crippen molar-refractivity contribution in [1.29, 1.82) is 0 Å². The zero-order valence-corrected chi connectivity index (χ0v) is 13.8. The number of anilines is 1. The van der Waals surface area contributed by atoms with Gasteiger partial charge in [-0.2, -0.15) is 5.10 Å². The summed E-state index contributed by atoms with van der Waals surface area (Å²) in [7, 11) is 0. The molecule has 0 saturated carbocycles. The Morgan fingerprint density at radius 1 is 1.04 bits per heavy atom. The average Bonchev–Trinajstić information content (AvgIpc) is 2.63. The number of rotatable bonds is 5. The molecule has 3 N–H and O–H groups in total. The van der Waals surface area contributed by atoms with Crippen molar-refractivity contribution in [2.75, 3.05) is 5.32 Å². The lowest BCUT2D eigenvalue weighted by Crippen LogP contribution is -2.34. The number of phenols is 1. The summed E-state index contributed by atoms with van der Waals surface area (Å²) in [5, 5.41) is 19.0. The number of carbonyl (C=O) groups excluding carboxylic acids is 1. The summed E-state index contributed by atoms with van der Waals surface area (Å²) in [6.07, 6.45) is 1.41. The highest BCUT2D eigenvalue weighted by Gasteiger charge is 2.11. The van der Waals surface area contributed by atoms with E-state index in [9.17, 15) is 9.90 Å². The number of amides is 1. The predicted octanol–water partition coefficient (Wildman–Crippen LogP) is 3.50. The van der Waals surface area contributed by atoms with Crippen LogP contribution in [0, 0.1) is 0 Å². The Labute approximate surface area is 146 Å². The minimum Gasteiger partial charge on any atom is -0.507 e. The molecule has 5 heteroatoms. The molecule has 0 heterocycles. The van der Waals surface area contributed by atoms with Gasteiger partial charge in [0.05, 0.1) is 6.21 Å². The van der Waals surface area contributed by atoms with E-state index in [4.69, 9.17) is 0 Å². The molecule has 3 aromatic rings. The van der Waals surface area contributed by atoms with Crippen LogP contribution in [0.15, 0.2) is 71.8 Å². The monoisotopic (exact) mass is 333 g/mol. The van der Waals surface area contributed by atoms with Crippen LogP contribution >= 0.6 is 0 Å². The van der Waals surface area contributed by atoms with Crippen LogP contribution in [0.5, 0.6) is 5.75 Å². The number of carbonyl (C=O) groups is 1. The molecule has 0 bridgehead atoms. The summed E-state index contributed by atoms with van der Waals surface area (Å²) in [5.41, 5.74) is 3.88. The number of nitrogens with one attached hydrogen (secondary N) is 2. The van der Waals surface area contributed by atoms with Gasteiger partial charge in [-0.3, -0.25) is 4.79 Å². The van der Waals surface area contributed by atoms with Crippen molar-refractivity contribution in [2.45, 2.75) is 13.0 Å². The predicted molar refractivity (Wildman–Crippen MR) is 101 cm³/mol. The molecule has 0 aliphatic rings. The summed E-state index contributed by atoms with van der Waals surface area (Å²) in [4.78, 5) is 12.1. The Morgan fingerprint density at radius 2 is 1.76 bits per heavy atom. The molecule has 0 saturated heterocycles. The zero-order chi connectivity index (χ0) is 17.6. The highest BCUT2D eigenvalue weighted by molar-refractivity contribution is 5.89. The van der Waals surface area contributed by atoms with Gasteiger partial charge in [0.1, 0.15) is 11.8 Å². The molecule has 0 aliphatic heterocycles. The van der Waals surface area contributed by atoms with Crippen LogP contribution < -0.4 is 10.7 Å². The van der Waals surface area contributed by atoms with Crippen molar-refractivity contribution in [1.82, 2.24) is 5.43 Å². The van der Waals surface area contributed by atoms with Gasteiger partial charge in [0.25, 0.3) is 5.91 Å². The summed E-state index contributed by atoms with van der Waals surface area (Å²) < 4.78 is 0. The quantitative estimate of drug-likeness (QED) is 0.494. The van der Waals surface area contributed by atoms with Gasteiger partial charge >= 0.3 is 0 Å². The first kappa shape index (κ1) is 16.5. The van der Waals surface area contributed by atoms with Gasteiger partial charge < -0.3 is 10.4 Å². The average molecular weight is 333 g/mol. The topological polar surface area (TPSA) is 73.7 Å². The maximum absolute atomic E-state index is 12.1. The highest BCUT2D eigenvalue weighted by atomic mass is 16.3. The fourth-order valence-corrected chi connectivity index (χ4v) is 2.45. The molecule has 3 rings (SSSR count). The number of fused-ring (bicyclic) bond motifs is 1. The number of hydrogen-bond acceptors (Lipinski definition) is 4. The minimum absolute atomic E-state index is 0.114. The number of nitrogens with zero attached hydrogens (tertiary/aromatic N) is 1. The first-order chi connectivity index (χ1) is 12.1. The Morgan fingerprint density at radius 3 is 2.56 bits per heavy atom. The third kappa shape index (κ3) is 4.14. The Kier molecular flexibility index (Phi) is 4.95. The van der Waals surface area contributed by atoms with Crippen molar-refractivity contribution >= 4 is 28.6 Å². The lowest BCUT2D eigenvalue weighted by atomic mass is 10.1. The van der Waals surface area contributed by atoms with Crippen molar-refractivity contribution < 1.29 is 9.90 Å². The Balaban J connectivity index is 1.61. The first-order valence-electron chi connectivity index (χ1n) is 8.00. The van der Waals surface area contributed by atoms with Gasteiger partial charge in [0.2, 0.25) is 0 Å². The van der Waals surface area contributed by atoms with Gasteiger partial charge in [-0.1, -0.05) is 42.5 Å². The number of phenolic OH excluding ortho intramolecular Hbond substituents is 1. The largest absolute Gasteiger partial charge is 0.507 e. The number of hydrazone groups is 1. The first-order valence-corrected chi connectivity index (χ1v) is 8.00. The third-order valence-electron chi connectivity index (χ3n) is 3.84. The minimum atomic E-state index is -0.456. The fraction of sp³-hybridized carbons (Fsp3) is 0.100. The van der Waals surface area contributed by atoms with Crippen LogP contribution in [0.25, 0.3) is 10.8 Å². The molecule has 0 aromatic heterocycles. The van der Waals surface area contributed by atoms with Crippen molar-refractivity contribution in [3.63, 3.8) is 0 Å². The van der Waals surface area contributed by atoms with Crippen LogP contribution in [0.3, 0.4) is 0 Å². The normalized spacial score (nSPS) is 12.2. The number of aromatic hydroxyl groups is 1. The van der Waals surface area contributed by atoms with Crippen LogP contribution in [0.2, 0.25) is 0 Å². The van der Waals surface area contributed by atoms with E-state index in [1.807, 2.05) is 42.5 Å². The van der Waals surface area contributed by atoms with Gasteiger partial charge in [0.15, 0.2) is 0 Å². The van der Waals surface area contributed by atoms with Crippen LogP contribution in [0.1, 0.15) is 12.5 Å². The standard InChI is InChI=1S/C20H19N3O2/c1-14(20(25)23-21-13-17-8-4-5-9-19(17)24)22-18-11-10-15-6-2-3-7-16(15)12-18/h2-14,22,24H,1H3,(H,23,25)/b21-13-/t14-/m0/s1. The summed E-state index contributed by atoms with van der Waals surface area (Å²) in [6, 6.07) is 20.3. The summed E-state index contributed by atoms with van der Waals surface area (Å²) in [5.74, 6) is -0.150. The lowest BCUT2D eigenvalue weighted by molar-refractivity contribution is -0.121. The molecule has 0 fully saturated rings. The highest BCUT2D eigenvalue weighted by Crippen LogP contribution is 2.19. The van der Waals surface area contributed by atoms with Crippen molar-refractivity contribution in [3.8, 4) is 5.75 Å². The number of hydrogen-bond donors (Lipinski definition) is 3. The maximum atomic E-state index is 12.1. The van der Waals surface area contributed by atoms with Crippen LogP contribution in [-0.2, 0) is 4.79 Å². The van der Waals surface area contributed by atoms with Crippen LogP contribution in [-0.4, -0.2) is 23.3 Å². The smallest absolute Gasteiger partial charge is 0.262 e. The van der Waals surface area contributed by atoms with Gasteiger partial charge in [-0.05, 0) is 42.0 Å². The number of benzene rings is 3. The molecule has 0 unspecified atom stereocenters. The SMILES string of the molecule is C[C@H](Nc1ccc2ccccc2c1)C(=O)N/N=C\c1ccccc1O. The fourth-order valence-electron chi connectivity index (χ4n) is 2.45. The van der Waals surface area contributed by atoms with Gasteiger partial charge in [-0.15, -0.1) is 0 Å². The van der Waals surface area contributed by atoms with Crippen molar-refractivity contribution in [3.05, 3.63) is 72.3 Å². The molecule has 1 atom stereocenters. The summed E-state index contributed by atoms with van der Waals surface area (Å²) in [6.45, 7) is 1.76. The molecule has 3 aromatic carbocycles. The molecule has 0 radical (unpaired) electrons. The maximum Gasteiger partial charge on any atom is 0.262 e. The van der Waals surface area contributed by atoms with E-state index in [0.717, 1.165) is 16.5 Å². The molecular formula is C20H19N3O2. The molecule has 0 spiro atoms.